The molecule has 0 spiro atoms. The van der Waals surface area contributed by atoms with Gasteiger partial charge in [-0.25, -0.2) is 4.39 Å². The molecule has 0 aromatic heterocycles. The first kappa shape index (κ1) is 13.1. The minimum absolute atomic E-state index is 0.163. The molecule has 5 heteroatoms. The first-order chi connectivity index (χ1) is 9.06. The Labute approximate surface area is 120 Å². The average Bonchev–Trinajstić information content (AvgIpc) is 2.61. The molecule has 102 valence electrons. The van der Waals surface area contributed by atoms with Gasteiger partial charge >= 0.3 is 0 Å². The lowest BCUT2D eigenvalue weighted by Crippen LogP contribution is -2.50. The Balaban J connectivity index is 1.88. The fourth-order valence-electron chi connectivity index (χ4n) is 3.35. The van der Waals surface area contributed by atoms with E-state index in [2.05, 4.69) is 15.9 Å². The lowest BCUT2D eigenvalue weighted by molar-refractivity contribution is 0.0570. The summed E-state index contributed by atoms with van der Waals surface area (Å²) in [7, 11) is 0. The molecular formula is C14H16BrFN2O. The second kappa shape index (κ2) is 4.87. The Hall–Kier alpha value is -0.940. The fourth-order valence-corrected chi connectivity index (χ4v) is 3.69. The summed E-state index contributed by atoms with van der Waals surface area (Å²) >= 11 is 3.20. The summed E-state index contributed by atoms with van der Waals surface area (Å²) in [4.78, 5) is 14.4. The van der Waals surface area contributed by atoms with Crippen molar-refractivity contribution in [1.29, 1.82) is 0 Å². The smallest absolute Gasteiger partial charge is 0.257 e. The van der Waals surface area contributed by atoms with E-state index >= 15 is 0 Å². The van der Waals surface area contributed by atoms with Gasteiger partial charge in [0.05, 0.1) is 5.56 Å². The van der Waals surface area contributed by atoms with Gasteiger partial charge in [-0.1, -0.05) is 15.9 Å². The molecule has 2 fully saturated rings. The van der Waals surface area contributed by atoms with Gasteiger partial charge in [0.25, 0.3) is 5.91 Å². The van der Waals surface area contributed by atoms with Crippen molar-refractivity contribution in [2.75, 3.05) is 0 Å². The predicted molar refractivity (Wildman–Crippen MR) is 74.3 cm³/mol. The van der Waals surface area contributed by atoms with E-state index in [-0.39, 0.29) is 29.6 Å². The number of benzene rings is 1. The summed E-state index contributed by atoms with van der Waals surface area (Å²) in [6.07, 6.45) is 3.64. The van der Waals surface area contributed by atoms with E-state index in [1.54, 1.807) is 12.1 Å². The van der Waals surface area contributed by atoms with Crippen molar-refractivity contribution in [3.8, 4) is 0 Å². The van der Waals surface area contributed by atoms with Crippen LogP contribution >= 0.6 is 15.9 Å². The quantitative estimate of drug-likeness (QED) is 0.862. The molecule has 2 aliphatic rings. The Morgan fingerprint density at radius 1 is 1.32 bits per heavy atom. The Morgan fingerprint density at radius 3 is 2.53 bits per heavy atom. The Bertz CT molecular complexity index is 508. The van der Waals surface area contributed by atoms with Crippen molar-refractivity contribution >= 4 is 21.8 Å². The van der Waals surface area contributed by atoms with E-state index in [1.807, 2.05) is 4.90 Å². The van der Waals surface area contributed by atoms with Gasteiger partial charge < -0.3 is 10.6 Å². The topological polar surface area (TPSA) is 46.3 Å². The van der Waals surface area contributed by atoms with Gasteiger partial charge in [-0.2, -0.15) is 0 Å². The molecule has 0 radical (unpaired) electrons. The normalized spacial score (nSPS) is 29.6. The van der Waals surface area contributed by atoms with Crippen molar-refractivity contribution in [3.63, 3.8) is 0 Å². The zero-order valence-corrected chi connectivity index (χ0v) is 12.1. The first-order valence-electron chi connectivity index (χ1n) is 6.59. The standard InChI is InChI=1S/C14H16BrFN2O/c15-8-1-4-12(13(16)5-8)14(19)18-10-2-3-11(18)7-9(17)6-10/h1,4-5,9-11H,2-3,6-7,17H2. The summed E-state index contributed by atoms with van der Waals surface area (Å²) in [5.74, 6) is -0.655. The first-order valence-corrected chi connectivity index (χ1v) is 7.39. The van der Waals surface area contributed by atoms with Crippen molar-refractivity contribution in [3.05, 3.63) is 34.1 Å². The highest BCUT2D eigenvalue weighted by Gasteiger charge is 2.42. The zero-order valence-electron chi connectivity index (χ0n) is 10.5. The molecule has 2 heterocycles. The number of halogens is 2. The molecule has 1 aromatic rings. The van der Waals surface area contributed by atoms with E-state index in [4.69, 9.17) is 5.73 Å². The molecule has 3 nitrogen and oxygen atoms in total. The number of rotatable bonds is 1. The molecule has 0 saturated carbocycles. The highest BCUT2D eigenvalue weighted by Crippen LogP contribution is 2.36. The van der Waals surface area contributed by atoms with Gasteiger partial charge in [0, 0.05) is 22.6 Å². The molecule has 2 saturated heterocycles. The van der Waals surface area contributed by atoms with Crippen LogP contribution in [-0.2, 0) is 0 Å². The minimum Gasteiger partial charge on any atom is -0.332 e. The summed E-state index contributed by atoms with van der Waals surface area (Å²) in [6.45, 7) is 0. The van der Waals surface area contributed by atoms with Gasteiger partial charge in [-0.05, 0) is 43.9 Å². The van der Waals surface area contributed by atoms with E-state index in [0.29, 0.717) is 4.47 Å². The molecule has 2 atom stereocenters. The summed E-state index contributed by atoms with van der Waals surface area (Å²) in [5.41, 5.74) is 6.15. The highest BCUT2D eigenvalue weighted by atomic mass is 79.9. The lowest BCUT2D eigenvalue weighted by Gasteiger charge is -2.37. The number of piperidine rings is 1. The minimum atomic E-state index is -0.464. The monoisotopic (exact) mass is 326 g/mol. The van der Waals surface area contributed by atoms with Crippen LogP contribution < -0.4 is 5.73 Å². The van der Waals surface area contributed by atoms with E-state index < -0.39 is 5.82 Å². The number of amides is 1. The largest absolute Gasteiger partial charge is 0.332 e. The van der Waals surface area contributed by atoms with Crippen LogP contribution in [0.3, 0.4) is 0 Å². The molecule has 3 rings (SSSR count). The maximum atomic E-state index is 13.9. The molecule has 2 N–H and O–H groups in total. The van der Waals surface area contributed by atoms with Crippen molar-refractivity contribution in [1.82, 2.24) is 4.90 Å². The number of hydrogen-bond donors (Lipinski definition) is 1. The maximum Gasteiger partial charge on any atom is 0.257 e. The fraction of sp³-hybridized carbons (Fsp3) is 0.500. The predicted octanol–water partition coefficient (Wildman–Crippen LogP) is 2.68. The van der Waals surface area contributed by atoms with Gasteiger partial charge in [-0.3, -0.25) is 4.79 Å². The molecular weight excluding hydrogens is 311 g/mol. The number of hydrogen-bond acceptors (Lipinski definition) is 2. The molecule has 2 bridgehead atoms. The third-order valence-electron chi connectivity index (χ3n) is 4.17. The van der Waals surface area contributed by atoms with Crippen molar-refractivity contribution in [2.24, 2.45) is 5.73 Å². The van der Waals surface area contributed by atoms with Crippen LogP contribution in [0.25, 0.3) is 0 Å². The van der Waals surface area contributed by atoms with Crippen molar-refractivity contribution < 1.29 is 9.18 Å². The maximum absolute atomic E-state index is 13.9. The molecule has 2 unspecified atom stereocenters. The van der Waals surface area contributed by atoms with E-state index in [1.165, 1.54) is 6.07 Å². The second-order valence-electron chi connectivity index (χ2n) is 5.45. The molecule has 19 heavy (non-hydrogen) atoms. The van der Waals surface area contributed by atoms with Gasteiger partial charge in [0.2, 0.25) is 0 Å². The Morgan fingerprint density at radius 2 is 1.95 bits per heavy atom. The average molecular weight is 327 g/mol. The van der Waals surface area contributed by atoms with Gasteiger partial charge in [-0.15, -0.1) is 0 Å². The number of carbonyl (C=O) groups excluding carboxylic acids is 1. The molecule has 2 aliphatic heterocycles. The van der Waals surface area contributed by atoms with E-state index in [0.717, 1.165) is 25.7 Å². The van der Waals surface area contributed by atoms with Gasteiger partial charge in [0.15, 0.2) is 0 Å². The number of nitrogens with zero attached hydrogens (tertiary/aromatic N) is 1. The van der Waals surface area contributed by atoms with Crippen LogP contribution in [0.5, 0.6) is 0 Å². The Kier molecular flexibility index (Phi) is 3.35. The SMILES string of the molecule is NC1CC2CCC(C1)N2C(=O)c1ccc(Br)cc1F. The zero-order chi connectivity index (χ0) is 13.6. The van der Waals surface area contributed by atoms with Crippen LogP contribution in [0.15, 0.2) is 22.7 Å². The lowest BCUT2D eigenvalue weighted by atomic mass is 9.97. The third kappa shape index (κ3) is 2.30. The van der Waals surface area contributed by atoms with Gasteiger partial charge in [0.1, 0.15) is 5.82 Å². The van der Waals surface area contributed by atoms with Crippen LogP contribution in [0.1, 0.15) is 36.0 Å². The highest BCUT2D eigenvalue weighted by molar-refractivity contribution is 9.10. The van der Waals surface area contributed by atoms with E-state index in [9.17, 15) is 9.18 Å². The summed E-state index contributed by atoms with van der Waals surface area (Å²) < 4.78 is 14.5. The summed E-state index contributed by atoms with van der Waals surface area (Å²) in [5, 5.41) is 0. The number of fused-ring (bicyclic) bond motifs is 2. The number of carbonyl (C=O) groups is 1. The molecule has 1 aromatic carbocycles. The molecule has 0 aliphatic carbocycles. The third-order valence-corrected chi connectivity index (χ3v) is 4.66. The van der Waals surface area contributed by atoms with Crippen LogP contribution in [0.4, 0.5) is 4.39 Å². The van der Waals surface area contributed by atoms with Crippen molar-refractivity contribution in [2.45, 2.75) is 43.8 Å². The van der Waals surface area contributed by atoms with Crippen LogP contribution in [0.2, 0.25) is 0 Å². The van der Waals surface area contributed by atoms with Crippen LogP contribution in [-0.4, -0.2) is 28.9 Å². The molecule has 1 amide bonds. The number of nitrogens with two attached hydrogens (primary N) is 1. The van der Waals surface area contributed by atoms with Crippen LogP contribution in [0, 0.1) is 5.82 Å². The summed E-state index contributed by atoms with van der Waals surface area (Å²) in [6, 6.07) is 5.14. The second-order valence-corrected chi connectivity index (χ2v) is 6.37.